The Morgan fingerprint density at radius 3 is 2.82 bits per heavy atom. The second-order valence-corrected chi connectivity index (χ2v) is 4.26. The molecule has 4 nitrogen and oxygen atoms in total. The fourth-order valence-corrected chi connectivity index (χ4v) is 1.76. The van der Waals surface area contributed by atoms with E-state index in [0.29, 0.717) is 6.61 Å². The minimum Gasteiger partial charge on any atom is -0.494 e. The van der Waals surface area contributed by atoms with Crippen molar-refractivity contribution in [1.29, 1.82) is 0 Å². The number of benzene rings is 1. The molecule has 0 aromatic heterocycles. The number of ether oxygens (including phenoxy) is 1. The third kappa shape index (κ3) is 2.77. The first-order chi connectivity index (χ1) is 8.20. The van der Waals surface area contributed by atoms with Gasteiger partial charge in [0, 0.05) is 18.8 Å². The highest BCUT2D eigenvalue weighted by molar-refractivity contribution is 5.93. The average Bonchev–Trinajstić information content (AvgIpc) is 2.19. The SMILES string of the molecule is CCOc1ccc(NC(=O)C2CNC2)cc1C. The average molecular weight is 234 g/mol. The largest absolute Gasteiger partial charge is 0.494 e. The fourth-order valence-electron chi connectivity index (χ4n) is 1.76. The number of aryl methyl sites for hydroxylation is 1. The number of nitrogens with one attached hydrogen (secondary N) is 2. The van der Waals surface area contributed by atoms with E-state index in [4.69, 9.17) is 4.74 Å². The molecule has 0 unspecified atom stereocenters. The summed E-state index contributed by atoms with van der Waals surface area (Å²) in [5, 5.41) is 6.00. The third-order valence-electron chi connectivity index (χ3n) is 2.89. The molecule has 1 aliphatic rings. The molecule has 0 radical (unpaired) electrons. The van der Waals surface area contributed by atoms with Crippen molar-refractivity contribution in [2.24, 2.45) is 5.92 Å². The number of amides is 1. The molecule has 1 aliphatic heterocycles. The van der Waals surface area contributed by atoms with Crippen LogP contribution in [-0.4, -0.2) is 25.6 Å². The van der Waals surface area contributed by atoms with Gasteiger partial charge >= 0.3 is 0 Å². The zero-order valence-corrected chi connectivity index (χ0v) is 10.2. The van der Waals surface area contributed by atoms with Crippen LogP contribution >= 0.6 is 0 Å². The van der Waals surface area contributed by atoms with E-state index in [9.17, 15) is 4.79 Å². The monoisotopic (exact) mass is 234 g/mol. The van der Waals surface area contributed by atoms with Crippen LogP contribution in [0.5, 0.6) is 5.75 Å². The van der Waals surface area contributed by atoms with Crippen molar-refractivity contribution in [3.8, 4) is 5.75 Å². The van der Waals surface area contributed by atoms with Gasteiger partial charge in [-0.15, -0.1) is 0 Å². The topological polar surface area (TPSA) is 50.4 Å². The Morgan fingerprint density at radius 1 is 1.53 bits per heavy atom. The number of carbonyl (C=O) groups excluding carboxylic acids is 1. The maximum atomic E-state index is 11.7. The van der Waals surface area contributed by atoms with E-state index in [-0.39, 0.29) is 11.8 Å². The molecule has 1 aromatic carbocycles. The first-order valence-electron chi connectivity index (χ1n) is 5.95. The van der Waals surface area contributed by atoms with E-state index < -0.39 is 0 Å². The van der Waals surface area contributed by atoms with Gasteiger partial charge in [-0.2, -0.15) is 0 Å². The van der Waals surface area contributed by atoms with Crippen LogP contribution in [0.15, 0.2) is 18.2 Å². The summed E-state index contributed by atoms with van der Waals surface area (Å²) in [5.41, 5.74) is 1.87. The molecule has 2 rings (SSSR count). The molecule has 0 spiro atoms. The first kappa shape index (κ1) is 11.9. The normalized spacial score (nSPS) is 15.2. The van der Waals surface area contributed by atoms with Crippen molar-refractivity contribution >= 4 is 11.6 Å². The Kier molecular flexibility index (Phi) is 3.64. The molecule has 4 heteroatoms. The Hall–Kier alpha value is -1.55. The standard InChI is InChI=1S/C13H18N2O2/c1-3-17-12-5-4-11(6-9(12)2)15-13(16)10-7-14-8-10/h4-6,10,14H,3,7-8H2,1-2H3,(H,15,16). The molecule has 1 heterocycles. The minimum atomic E-state index is 0.0901. The molecule has 17 heavy (non-hydrogen) atoms. The van der Waals surface area contributed by atoms with Crippen LogP contribution in [0, 0.1) is 12.8 Å². The first-order valence-corrected chi connectivity index (χ1v) is 5.95. The van der Waals surface area contributed by atoms with E-state index >= 15 is 0 Å². The quantitative estimate of drug-likeness (QED) is 0.831. The molecule has 0 atom stereocenters. The highest BCUT2D eigenvalue weighted by atomic mass is 16.5. The smallest absolute Gasteiger partial charge is 0.230 e. The van der Waals surface area contributed by atoms with Gasteiger partial charge in [-0.25, -0.2) is 0 Å². The number of hydrogen-bond donors (Lipinski definition) is 2. The van der Waals surface area contributed by atoms with E-state index in [1.165, 1.54) is 0 Å². The summed E-state index contributed by atoms with van der Waals surface area (Å²) in [6.07, 6.45) is 0. The lowest BCUT2D eigenvalue weighted by molar-refractivity contribution is -0.121. The van der Waals surface area contributed by atoms with Crippen LogP contribution in [0.2, 0.25) is 0 Å². The van der Waals surface area contributed by atoms with Gasteiger partial charge in [-0.1, -0.05) is 0 Å². The van der Waals surface area contributed by atoms with Crippen molar-refractivity contribution in [3.63, 3.8) is 0 Å². The van der Waals surface area contributed by atoms with Crippen LogP contribution in [-0.2, 0) is 4.79 Å². The predicted octanol–water partition coefficient (Wildman–Crippen LogP) is 1.55. The van der Waals surface area contributed by atoms with Crippen molar-refractivity contribution < 1.29 is 9.53 Å². The lowest BCUT2D eigenvalue weighted by Gasteiger charge is -2.25. The number of rotatable bonds is 4. The zero-order valence-electron chi connectivity index (χ0n) is 10.2. The minimum absolute atomic E-state index is 0.0901. The number of anilines is 1. The van der Waals surface area contributed by atoms with Gasteiger partial charge in [-0.05, 0) is 37.6 Å². The summed E-state index contributed by atoms with van der Waals surface area (Å²) in [6.45, 7) is 6.15. The Bertz CT molecular complexity index is 414. The summed E-state index contributed by atoms with van der Waals surface area (Å²) < 4.78 is 5.45. The molecule has 92 valence electrons. The number of hydrogen-bond acceptors (Lipinski definition) is 3. The van der Waals surface area contributed by atoms with Crippen LogP contribution in [0.1, 0.15) is 12.5 Å². The Balaban J connectivity index is 2.01. The van der Waals surface area contributed by atoms with Crippen LogP contribution in [0.25, 0.3) is 0 Å². The Morgan fingerprint density at radius 2 is 2.29 bits per heavy atom. The summed E-state index contributed by atoms with van der Waals surface area (Å²) in [5.74, 6) is 1.07. The Labute approximate surface area is 101 Å². The van der Waals surface area contributed by atoms with Crippen molar-refractivity contribution in [2.45, 2.75) is 13.8 Å². The number of carbonyl (C=O) groups is 1. The van der Waals surface area contributed by atoms with Gasteiger partial charge in [0.1, 0.15) is 5.75 Å². The molecule has 1 aromatic rings. The second kappa shape index (κ2) is 5.19. The molecule has 0 saturated carbocycles. The maximum absolute atomic E-state index is 11.7. The fraction of sp³-hybridized carbons (Fsp3) is 0.462. The lowest BCUT2D eigenvalue weighted by atomic mass is 10.0. The molecule has 2 N–H and O–H groups in total. The van der Waals surface area contributed by atoms with Gasteiger partial charge < -0.3 is 15.4 Å². The van der Waals surface area contributed by atoms with E-state index in [0.717, 1.165) is 30.1 Å². The summed E-state index contributed by atoms with van der Waals surface area (Å²) in [4.78, 5) is 11.7. The van der Waals surface area contributed by atoms with Crippen molar-refractivity contribution in [3.05, 3.63) is 23.8 Å². The maximum Gasteiger partial charge on any atom is 0.230 e. The molecule has 0 aliphatic carbocycles. The van der Waals surface area contributed by atoms with Gasteiger partial charge in [0.15, 0.2) is 0 Å². The van der Waals surface area contributed by atoms with Crippen molar-refractivity contribution in [2.75, 3.05) is 25.0 Å². The molecule has 1 saturated heterocycles. The third-order valence-corrected chi connectivity index (χ3v) is 2.89. The predicted molar refractivity (Wildman–Crippen MR) is 67.3 cm³/mol. The summed E-state index contributed by atoms with van der Waals surface area (Å²) in [7, 11) is 0. The van der Waals surface area contributed by atoms with Crippen LogP contribution in [0.3, 0.4) is 0 Å². The van der Waals surface area contributed by atoms with E-state index in [2.05, 4.69) is 10.6 Å². The van der Waals surface area contributed by atoms with Crippen LogP contribution in [0.4, 0.5) is 5.69 Å². The van der Waals surface area contributed by atoms with Crippen molar-refractivity contribution in [1.82, 2.24) is 5.32 Å². The summed E-state index contributed by atoms with van der Waals surface area (Å²) >= 11 is 0. The highest BCUT2D eigenvalue weighted by Crippen LogP contribution is 2.22. The lowest BCUT2D eigenvalue weighted by Crippen LogP contribution is -2.48. The second-order valence-electron chi connectivity index (χ2n) is 4.26. The molecular weight excluding hydrogens is 216 g/mol. The van der Waals surface area contributed by atoms with Gasteiger partial charge in [-0.3, -0.25) is 4.79 Å². The summed E-state index contributed by atoms with van der Waals surface area (Å²) in [6, 6.07) is 5.71. The van der Waals surface area contributed by atoms with Crippen LogP contribution < -0.4 is 15.4 Å². The molecule has 1 fully saturated rings. The zero-order chi connectivity index (χ0) is 12.3. The molecular formula is C13H18N2O2. The van der Waals surface area contributed by atoms with Gasteiger partial charge in [0.25, 0.3) is 0 Å². The van der Waals surface area contributed by atoms with E-state index in [1.807, 2.05) is 32.0 Å². The van der Waals surface area contributed by atoms with Gasteiger partial charge in [0.2, 0.25) is 5.91 Å². The highest BCUT2D eigenvalue weighted by Gasteiger charge is 2.24. The molecule has 0 bridgehead atoms. The van der Waals surface area contributed by atoms with E-state index in [1.54, 1.807) is 0 Å². The van der Waals surface area contributed by atoms with Gasteiger partial charge in [0.05, 0.1) is 12.5 Å². The molecule has 1 amide bonds.